The van der Waals surface area contributed by atoms with Gasteiger partial charge < -0.3 is 14.5 Å². The van der Waals surface area contributed by atoms with Crippen LogP contribution in [-0.2, 0) is 4.79 Å². The van der Waals surface area contributed by atoms with Crippen LogP contribution in [-0.4, -0.2) is 37.0 Å². The molecule has 5 nitrogen and oxygen atoms in total. The summed E-state index contributed by atoms with van der Waals surface area (Å²) < 4.78 is 11.3. The van der Waals surface area contributed by atoms with Crippen molar-refractivity contribution < 1.29 is 13.9 Å². The molecule has 0 spiro atoms. The third-order valence-corrected chi connectivity index (χ3v) is 5.12. The van der Waals surface area contributed by atoms with E-state index in [2.05, 4.69) is 10.2 Å². The number of halogens is 1. The predicted octanol–water partition coefficient (Wildman–Crippen LogP) is 3.66. The molecule has 2 aliphatic heterocycles. The van der Waals surface area contributed by atoms with Gasteiger partial charge in [0.1, 0.15) is 18.1 Å². The Morgan fingerprint density at radius 2 is 2.12 bits per heavy atom. The monoisotopic (exact) mass is 372 g/mol. The molecule has 1 aromatic heterocycles. The van der Waals surface area contributed by atoms with E-state index >= 15 is 0 Å². The lowest BCUT2D eigenvalue weighted by atomic mass is 10.1. The van der Waals surface area contributed by atoms with Gasteiger partial charge in [0.05, 0.1) is 17.9 Å². The Labute approximate surface area is 157 Å². The van der Waals surface area contributed by atoms with Crippen molar-refractivity contribution >= 4 is 23.6 Å². The maximum absolute atomic E-state index is 12.6. The first-order chi connectivity index (χ1) is 12.7. The smallest absolute Gasteiger partial charge is 0.250 e. The first-order valence-corrected chi connectivity index (χ1v) is 9.27. The molecule has 1 N–H and O–H groups in total. The van der Waals surface area contributed by atoms with E-state index in [0.29, 0.717) is 17.1 Å². The number of rotatable bonds is 5. The number of hydrogen-bond acceptors (Lipinski definition) is 4. The number of carbonyl (C=O) groups excluding carboxylic acids is 1. The minimum Gasteiger partial charge on any atom is -0.488 e. The molecule has 0 saturated carbocycles. The Morgan fingerprint density at radius 3 is 2.88 bits per heavy atom. The van der Waals surface area contributed by atoms with Crippen LogP contribution < -0.4 is 10.1 Å². The van der Waals surface area contributed by atoms with Gasteiger partial charge in [0.15, 0.2) is 0 Å². The predicted molar refractivity (Wildman–Crippen MR) is 100 cm³/mol. The molecule has 0 radical (unpaired) electrons. The van der Waals surface area contributed by atoms with Crippen LogP contribution >= 0.6 is 11.6 Å². The summed E-state index contributed by atoms with van der Waals surface area (Å²) in [5.41, 5.74) is 1.43. The standard InChI is InChI=1S/C20H21ClN2O3/c21-16-5-6-18-14(11-16)10-15(13-26-18)20(24)22-12-17(19-4-3-9-25-19)23-7-1-2-8-23/h3-6,9-11,17H,1-2,7-8,12-13H2,(H,22,24). The molecule has 6 heteroatoms. The highest BCUT2D eigenvalue weighted by atomic mass is 35.5. The summed E-state index contributed by atoms with van der Waals surface area (Å²) in [7, 11) is 0. The van der Waals surface area contributed by atoms with Crippen molar-refractivity contribution in [3.8, 4) is 5.75 Å². The maximum Gasteiger partial charge on any atom is 0.250 e. The fraction of sp³-hybridized carbons (Fsp3) is 0.350. The van der Waals surface area contributed by atoms with Gasteiger partial charge in [0.2, 0.25) is 0 Å². The first-order valence-electron chi connectivity index (χ1n) is 8.89. The van der Waals surface area contributed by atoms with Crippen LogP contribution in [0.15, 0.2) is 46.6 Å². The lowest BCUT2D eigenvalue weighted by Gasteiger charge is -2.26. The third kappa shape index (κ3) is 3.64. The second-order valence-electron chi connectivity index (χ2n) is 6.62. The highest BCUT2D eigenvalue weighted by Gasteiger charge is 2.27. The van der Waals surface area contributed by atoms with E-state index in [0.717, 1.165) is 30.2 Å². The van der Waals surface area contributed by atoms with Crippen LogP contribution in [0.2, 0.25) is 5.02 Å². The molecule has 3 heterocycles. The number of nitrogens with zero attached hydrogens (tertiary/aromatic N) is 1. The van der Waals surface area contributed by atoms with Gasteiger partial charge >= 0.3 is 0 Å². The summed E-state index contributed by atoms with van der Waals surface area (Å²) in [6.45, 7) is 2.82. The number of carbonyl (C=O) groups is 1. The molecule has 4 rings (SSSR count). The number of ether oxygens (including phenoxy) is 1. The van der Waals surface area contributed by atoms with Crippen LogP contribution in [0.25, 0.3) is 6.08 Å². The summed E-state index contributed by atoms with van der Waals surface area (Å²) >= 11 is 6.04. The van der Waals surface area contributed by atoms with E-state index in [1.807, 2.05) is 24.3 Å². The Balaban J connectivity index is 1.45. The van der Waals surface area contributed by atoms with Gasteiger partial charge in [-0.05, 0) is 62.3 Å². The van der Waals surface area contributed by atoms with Crippen molar-refractivity contribution in [2.24, 2.45) is 0 Å². The quantitative estimate of drug-likeness (QED) is 0.870. The van der Waals surface area contributed by atoms with Gasteiger partial charge in [0, 0.05) is 17.1 Å². The number of furan rings is 1. The zero-order valence-corrected chi connectivity index (χ0v) is 15.2. The fourth-order valence-electron chi connectivity index (χ4n) is 3.53. The number of benzene rings is 1. The summed E-state index contributed by atoms with van der Waals surface area (Å²) in [6, 6.07) is 9.32. The van der Waals surface area contributed by atoms with E-state index < -0.39 is 0 Å². The minimum atomic E-state index is -0.119. The lowest BCUT2D eigenvalue weighted by Crippen LogP contribution is -2.38. The molecule has 1 unspecified atom stereocenters. The molecule has 2 aliphatic rings. The number of nitrogens with one attached hydrogen (secondary N) is 1. The van der Waals surface area contributed by atoms with Crippen molar-refractivity contribution in [2.45, 2.75) is 18.9 Å². The first kappa shape index (κ1) is 17.2. The summed E-state index contributed by atoms with van der Waals surface area (Å²) in [5.74, 6) is 1.51. The highest BCUT2D eigenvalue weighted by molar-refractivity contribution is 6.30. The van der Waals surface area contributed by atoms with Crippen molar-refractivity contribution in [2.75, 3.05) is 26.2 Å². The zero-order valence-electron chi connectivity index (χ0n) is 14.4. The van der Waals surface area contributed by atoms with Gasteiger partial charge in [-0.15, -0.1) is 0 Å². The van der Waals surface area contributed by atoms with Crippen LogP contribution in [0.5, 0.6) is 5.75 Å². The SMILES string of the molecule is O=C(NCC(c1ccco1)N1CCCC1)C1=Cc2cc(Cl)ccc2OC1. The summed E-state index contributed by atoms with van der Waals surface area (Å²) in [5, 5.41) is 3.66. The Morgan fingerprint density at radius 1 is 1.27 bits per heavy atom. The maximum atomic E-state index is 12.6. The van der Waals surface area contributed by atoms with Gasteiger partial charge in [-0.3, -0.25) is 9.69 Å². The molecule has 26 heavy (non-hydrogen) atoms. The highest BCUT2D eigenvalue weighted by Crippen LogP contribution is 2.29. The molecule has 1 fully saturated rings. The van der Waals surface area contributed by atoms with E-state index in [1.54, 1.807) is 18.4 Å². The van der Waals surface area contributed by atoms with E-state index in [4.69, 9.17) is 20.8 Å². The van der Waals surface area contributed by atoms with Crippen molar-refractivity contribution in [1.29, 1.82) is 0 Å². The Kier molecular flexibility index (Phi) is 5.00. The van der Waals surface area contributed by atoms with Crippen molar-refractivity contribution in [3.05, 3.63) is 58.5 Å². The van der Waals surface area contributed by atoms with Crippen molar-refractivity contribution in [1.82, 2.24) is 10.2 Å². The Bertz CT molecular complexity index is 810. The number of likely N-dealkylation sites (tertiary alicyclic amines) is 1. The molecule has 2 aromatic rings. The van der Waals surface area contributed by atoms with E-state index in [-0.39, 0.29) is 18.6 Å². The molecule has 0 bridgehead atoms. The van der Waals surface area contributed by atoms with Gasteiger partial charge in [-0.25, -0.2) is 0 Å². The van der Waals surface area contributed by atoms with Crippen LogP contribution in [0.4, 0.5) is 0 Å². The van der Waals surface area contributed by atoms with Crippen LogP contribution in [0.1, 0.15) is 30.2 Å². The number of hydrogen-bond donors (Lipinski definition) is 1. The van der Waals surface area contributed by atoms with Crippen molar-refractivity contribution in [3.63, 3.8) is 0 Å². The molecule has 1 saturated heterocycles. The van der Waals surface area contributed by atoms with Gasteiger partial charge in [0.25, 0.3) is 5.91 Å². The van der Waals surface area contributed by atoms with Crippen LogP contribution in [0, 0.1) is 0 Å². The normalized spacial score (nSPS) is 18.0. The molecule has 1 amide bonds. The van der Waals surface area contributed by atoms with Gasteiger partial charge in [-0.2, -0.15) is 0 Å². The van der Waals surface area contributed by atoms with E-state index in [1.165, 1.54) is 12.8 Å². The fourth-order valence-corrected chi connectivity index (χ4v) is 3.71. The topological polar surface area (TPSA) is 54.7 Å². The summed E-state index contributed by atoms with van der Waals surface area (Å²) in [6.07, 6.45) is 5.89. The number of amides is 1. The average Bonchev–Trinajstić information content (AvgIpc) is 3.35. The largest absolute Gasteiger partial charge is 0.488 e. The second kappa shape index (κ2) is 7.56. The minimum absolute atomic E-state index is 0.0586. The van der Waals surface area contributed by atoms with Crippen LogP contribution in [0.3, 0.4) is 0 Å². The second-order valence-corrected chi connectivity index (χ2v) is 7.06. The zero-order chi connectivity index (χ0) is 17.9. The van der Waals surface area contributed by atoms with E-state index in [9.17, 15) is 4.79 Å². The molecule has 0 aliphatic carbocycles. The average molecular weight is 373 g/mol. The molecular formula is C20H21ClN2O3. The Hall–Kier alpha value is -2.24. The third-order valence-electron chi connectivity index (χ3n) is 4.89. The molecule has 136 valence electrons. The molecule has 1 atom stereocenters. The molecule has 1 aromatic carbocycles. The van der Waals surface area contributed by atoms with Gasteiger partial charge in [-0.1, -0.05) is 11.6 Å². The lowest BCUT2D eigenvalue weighted by molar-refractivity contribution is -0.118. The number of fused-ring (bicyclic) bond motifs is 1. The molecular weight excluding hydrogens is 352 g/mol. The summed E-state index contributed by atoms with van der Waals surface area (Å²) in [4.78, 5) is 15.0.